The molecule has 3 fully saturated rings. The molecule has 0 aromatic carbocycles. The monoisotopic (exact) mass is 721 g/mol. The van der Waals surface area contributed by atoms with E-state index in [1.165, 1.54) is 11.0 Å². The highest BCUT2D eigenvalue weighted by atomic mass is 32.2. The summed E-state index contributed by atoms with van der Waals surface area (Å²) < 4.78 is 25.7. The predicted octanol–water partition coefficient (Wildman–Crippen LogP) is 4.04. The first-order valence-electron chi connectivity index (χ1n) is 18.5. The molecule has 0 aromatic rings. The van der Waals surface area contributed by atoms with Crippen molar-refractivity contribution in [3.05, 3.63) is 12.7 Å². The Hall–Kier alpha value is -2.96. The number of Topliss-reactive ketones (excluding diaryl/α,β-unsaturated/α-hetero) is 1. The molecule has 284 valence electrons. The summed E-state index contributed by atoms with van der Waals surface area (Å²) in [6.45, 7) is 18.6. The summed E-state index contributed by atoms with van der Waals surface area (Å²) in [7, 11) is -3.57. The number of ketones is 1. The van der Waals surface area contributed by atoms with Crippen molar-refractivity contribution >= 4 is 39.4 Å². The van der Waals surface area contributed by atoms with Gasteiger partial charge in [0.05, 0.1) is 22.1 Å². The lowest BCUT2D eigenvalue weighted by atomic mass is 9.83. The molecule has 0 unspecified atom stereocenters. The molecule has 2 saturated carbocycles. The molecule has 3 aliphatic rings. The Morgan fingerprint density at radius 1 is 0.920 bits per heavy atom. The van der Waals surface area contributed by atoms with Crippen molar-refractivity contribution in [3.8, 4) is 0 Å². The lowest BCUT2D eigenvalue weighted by molar-refractivity contribution is -0.144. The van der Waals surface area contributed by atoms with E-state index >= 15 is 0 Å². The number of likely N-dealkylation sites (tertiary alicyclic amines) is 1. The minimum Gasteiger partial charge on any atom is -0.346 e. The van der Waals surface area contributed by atoms with Gasteiger partial charge in [0.25, 0.3) is 5.91 Å². The number of sulfone groups is 1. The van der Waals surface area contributed by atoms with E-state index in [0.717, 1.165) is 32.1 Å². The number of nitrogens with zero attached hydrogens (tertiary/aromatic N) is 1. The van der Waals surface area contributed by atoms with Crippen LogP contribution in [0, 0.1) is 23.2 Å². The number of urea groups is 1. The van der Waals surface area contributed by atoms with Crippen LogP contribution in [0.1, 0.15) is 120 Å². The molecule has 0 bridgehead atoms. The Kier molecular flexibility index (Phi) is 13.8. The van der Waals surface area contributed by atoms with Gasteiger partial charge >= 0.3 is 6.03 Å². The number of rotatable bonds is 15. The third-order valence-electron chi connectivity index (χ3n) is 10.4. The number of carbonyl (C=O) groups excluding carboxylic acids is 5. The molecule has 1 saturated heterocycles. The summed E-state index contributed by atoms with van der Waals surface area (Å²) in [6, 6.07) is -3.57. The molecule has 0 radical (unpaired) electrons. The fourth-order valence-corrected chi connectivity index (χ4v) is 8.76. The van der Waals surface area contributed by atoms with Gasteiger partial charge in [-0.05, 0) is 76.0 Å². The van der Waals surface area contributed by atoms with E-state index in [2.05, 4.69) is 27.8 Å². The molecule has 1 heterocycles. The van der Waals surface area contributed by atoms with Crippen LogP contribution < -0.4 is 21.3 Å². The largest absolute Gasteiger partial charge is 0.346 e. The molecule has 0 aromatic heterocycles. The van der Waals surface area contributed by atoms with Crippen LogP contribution in [0.2, 0.25) is 0 Å². The minimum atomic E-state index is -3.57. The Morgan fingerprint density at radius 2 is 1.54 bits per heavy atom. The second kappa shape index (κ2) is 16.6. The molecule has 5 amide bonds. The topological polar surface area (TPSA) is 171 Å². The van der Waals surface area contributed by atoms with Gasteiger partial charge in [-0.15, -0.1) is 6.58 Å². The van der Waals surface area contributed by atoms with Crippen molar-refractivity contribution in [1.29, 1.82) is 0 Å². The van der Waals surface area contributed by atoms with Crippen LogP contribution in [0.5, 0.6) is 0 Å². The van der Waals surface area contributed by atoms with Gasteiger partial charge in [0.15, 0.2) is 9.84 Å². The first-order chi connectivity index (χ1) is 23.1. The Bertz CT molecular complexity index is 1370. The summed E-state index contributed by atoms with van der Waals surface area (Å²) in [4.78, 5) is 69.8. The van der Waals surface area contributed by atoms with Gasteiger partial charge in [0.2, 0.25) is 17.6 Å². The lowest BCUT2D eigenvalue weighted by Crippen LogP contribution is -2.64. The van der Waals surface area contributed by atoms with Crippen LogP contribution in [0.25, 0.3) is 0 Å². The van der Waals surface area contributed by atoms with Gasteiger partial charge in [-0.3, -0.25) is 19.2 Å². The van der Waals surface area contributed by atoms with Crippen molar-refractivity contribution in [2.24, 2.45) is 23.2 Å². The summed E-state index contributed by atoms with van der Waals surface area (Å²) in [5.74, 6) is -2.33. The molecular weight excluding hydrogens is 659 g/mol. The first-order valence-corrected chi connectivity index (χ1v) is 20.1. The van der Waals surface area contributed by atoms with Crippen molar-refractivity contribution in [1.82, 2.24) is 26.2 Å². The van der Waals surface area contributed by atoms with Gasteiger partial charge in [0.1, 0.15) is 12.1 Å². The van der Waals surface area contributed by atoms with Crippen molar-refractivity contribution < 1.29 is 32.4 Å². The number of amides is 5. The van der Waals surface area contributed by atoms with Crippen molar-refractivity contribution in [3.63, 3.8) is 0 Å². The van der Waals surface area contributed by atoms with E-state index in [1.807, 2.05) is 34.6 Å². The molecule has 13 heteroatoms. The molecule has 4 atom stereocenters. The number of hydrogen-bond acceptors (Lipinski definition) is 7. The third kappa shape index (κ3) is 11.0. The maximum Gasteiger partial charge on any atom is 0.315 e. The fourth-order valence-electron chi connectivity index (χ4n) is 7.23. The number of hydrogen-bond donors (Lipinski definition) is 4. The van der Waals surface area contributed by atoms with Crippen molar-refractivity contribution in [2.75, 3.05) is 18.8 Å². The summed E-state index contributed by atoms with van der Waals surface area (Å²) in [6.07, 6.45) is 8.44. The Balaban J connectivity index is 1.87. The van der Waals surface area contributed by atoms with Crippen molar-refractivity contribution in [2.45, 2.75) is 148 Å². The second-order valence-corrected chi connectivity index (χ2v) is 20.1. The van der Waals surface area contributed by atoms with Gasteiger partial charge in [-0.1, -0.05) is 72.8 Å². The zero-order valence-electron chi connectivity index (χ0n) is 31.7. The number of carbonyl (C=O) groups is 5. The lowest BCUT2D eigenvalue weighted by Gasteiger charge is -2.41. The zero-order valence-corrected chi connectivity index (χ0v) is 32.5. The molecule has 3 rings (SSSR count). The Morgan fingerprint density at radius 3 is 2.06 bits per heavy atom. The predicted molar refractivity (Wildman–Crippen MR) is 195 cm³/mol. The SMILES string of the molecule is C=CCNC(=O)C(=O)[C@H](CC1CC1)NC(=O)[C@@H]1[C@@H](CC(C)C)CCN1C(=O)[C@@H](NC(=O)NC1(CS(=O)(=O)C(C)(C)C)CCCCC1)C(C)(C)C. The van der Waals surface area contributed by atoms with Gasteiger partial charge in [-0.25, -0.2) is 13.2 Å². The Labute approximate surface area is 300 Å². The van der Waals surface area contributed by atoms with E-state index in [-0.39, 0.29) is 30.1 Å². The molecule has 2 aliphatic carbocycles. The van der Waals surface area contributed by atoms with Gasteiger partial charge in [0, 0.05) is 13.1 Å². The van der Waals surface area contributed by atoms with Crippen LogP contribution in [0.3, 0.4) is 0 Å². The molecular formula is C37H63N5O7S. The maximum absolute atomic E-state index is 14.5. The summed E-state index contributed by atoms with van der Waals surface area (Å²) in [5, 5.41) is 11.3. The van der Waals surface area contributed by atoms with Gasteiger partial charge < -0.3 is 26.2 Å². The summed E-state index contributed by atoms with van der Waals surface area (Å²) >= 11 is 0. The molecule has 4 N–H and O–H groups in total. The molecule has 0 spiro atoms. The quantitative estimate of drug-likeness (QED) is 0.146. The highest BCUT2D eigenvalue weighted by molar-refractivity contribution is 7.92. The zero-order chi connectivity index (χ0) is 37.7. The van der Waals surface area contributed by atoms with Crippen LogP contribution in [0.15, 0.2) is 12.7 Å². The first kappa shape index (κ1) is 41.5. The normalized spacial score (nSPS) is 22.3. The average molecular weight is 722 g/mol. The highest BCUT2D eigenvalue weighted by Crippen LogP contribution is 2.36. The number of nitrogens with one attached hydrogen (secondary N) is 4. The average Bonchev–Trinajstić information content (AvgIpc) is 3.72. The van der Waals surface area contributed by atoms with E-state index in [9.17, 15) is 32.4 Å². The second-order valence-electron chi connectivity index (χ2n) is 17.4. The van der Waals surface area contributed by atoms with Crippen LogP contribution in [-0.4, -0.2) is 90.1 Å². The molecule has 1 aliphatic heterocycles. The van der Waals surface area contributed by atoms with E-state index in [1.54, 1.807) is 20.8 Å². The standard InChI is InChI=1S/C37H63N5O7S/c1-10-19-38-32(45)29(43)27(22-25-14-15-25)39-31(44)28-26(21-24(2)3)16-20-42(28)33(46)30(35(4,5)6)40-34(47)41-37(17-12-11-13-18-37)23-50(48,49)36(7,8)9/h10,24-28,30H,1,11-23H2,2-9H3,(H,38,45)(H,39,44)(H2,40,41,47)/t26-,27+,28+,30-/m1/s1. The van der Waals surface area contributed by atoms with E-state index in [4.69, 9.17) is 0 Å². The molecule has 12 nitrogen and oxygen atoms in total. The van der Waals surface area contributed by atoms with Gasteiger partial charge in [-0.2, -0.15) is 0 Å². The molecule has 50 heavy (non-hydrogen) atoms. The van der Waals surface area contributed by atoms with Crippen LogP contribution in [0.4, 0.5) is 4.79 Å². The fraction of sp³-hybridized carbons (Fsp3) is 0.811. The maximum atomic E-state index is 14.5. The third-order valence-corrected chi connectivity index (χ3v) is 13.2. The minimum absolute atomic E-state index is 0.123. The van der Waals surface area contributed by atoms with E-state index < -0.39 is 73.2 Å². The smallest absolute Gasteiger partial charge is 0.315 e. The van der Waals surface area contributed by atoms with E-state index in [0.29, 0.717) is 38.6 Å². The van der Waals surface area contributed by atoms with Crippen LogP contribution >= 0.6 is 0 Å². The van der Waals surface area contributed by atoms with Crippen LogP contribution in [-0.2, 0) is 29.0 Å². The summed E-state index contributed by atoms with van der Waals surface area (Å²) in [5.41, 5.74) is -1.73. The highest BCUT2D eigenvalue weighted by Gasteiger charge is 2.48.